The molecule has 5 aromatic heterocycles. The molecule has 16 aromatic carbocycles. The van der Waals surface area contributed by atoms with Gasteiger partial charge in [-0.3, -0.25) is 0 Å². The summed E-state index contributed by atoms with van der Waals surface area (Å²) in [5.74, 6) is 0.400. The Morgan fingerprint density at radius 1 is 0.252 bits per heavy atom. The summed E-state index contributed by atoms with van der Waals surface area (Å²) in [4.78, 5) is 5.49. The highest BCUT2D eigenvalue weighted by Gasteiger charge is 2.32. The van der Waals surface area contributed by atoms with Crippen LogP contribution in [-0.2, 0) is 0 Å². The molecule has 0 saturated heterocycles. The number of nitrogens with zero attached hydrogens (tertiary/aromatic N) is 6. The van der Waals surface area contributed by atoms with E-state index >= 15 is 0 Å². The van der Waals surface area contributed by atoms with Crippen molar-refractivity contribution in [3.8, 4) is 107 Å². The Balaban J connectivity index is 0.847. The van der Waals surface area contributed by atoms with E-state index in [1.807, 2.05) is 24.3 Å². The Morgan fingerprint density at radius 2 is 0.551 bits per heavy atom. The number of aryl methyl sites for hydroxylation is 2. The molecule has 7 heteroatoms. The van der Waals surface area contributed by atoms with Gasteiger partial charge in [-0.15, -0.1) is 0 Å². The van der Waals surface area contributed by atoms with E-state index in [1.165, 1.54) is 65.3 Å². The van der Waals surface area contributed by atoms with E-state index in [9.17, 15) is 5.26 Å². The molecule has 0 fully saturated rings. The lowest BCUT2D eigenvalue weighted by Crippen LogP contribution is -2.03. The fraction of sp³-hybridized carbons (Fsp3) is 0.0200. The summed E-state index contributed by atoms with van der Waals surface area (Å²) in [7, 11) is 0. The first-order chi connectivity index (χ1) is 52.8. The summed E-state index contributed by atoms with van der Waals surface area (Å²) < 4.78 is 16.7. The zero-order valence-corrected chi connectivity index (χ0v) is 58.6. The second-order valence-electron chi connectivity index (χ2n) is 28.2. The number of para-hydroxylation sites is 6. The normalized spacial score (nSPS) is 11.8. The molecular weight excluding hydrogens is 1300 g/mol. The number of aromatic nitrogens is 5. The van der Waals surface area contributed by atoms with Crippen molar-refractivity contribution in [3.63, 3.8) is 0 Å². The van der Waals surface area contributed by atoms with Crippen LogP contribution >= 0.6 is 0 Å². The van der Waals surface area contributed by atoms with Gasteiger partial charge in [-0.25, -0.2) is 4.98 Å². The van der Waals surface area contributed by atoms with Crippen molar-refractivity contribution in [2.24, 2.45) is 0 Å². The largest absolute Gasteiger partial charge is 0.436 e. The van der Waals surface area contributed by atoms with Crippen LogP contribution in [-0.4, -0.2) is 23.3 Å². The molecule has 0 saturated carbocycles. The maximum atomic E-state index is 12.7. The predicted octanol–water partition coefficient (Wildman–Crippen LogP) is 26.4. The average molecular weight is 1370 g/mol. The topological polar surface area (TPSA) is 69.5 Å². The van der Waals surface area contributed by atoms with Crippen molar-refractivity contribution >= 4 is 98.3 Å². The van der Waals surface area contributed by atoms with Gasteiger partial charge in [0, 0.05) is 82.5 Å². The second-order valence-corrected chi connectivity index (χ2v) is 28.2. The molecule has 0 aliphatic carbocycles. The number of hydrogen-bond donors (Lipinski definition) is 0. The number of benzene rings is 16. The predicted molar refractivity (Wildman–Crippen MR) is 444 cm³/mol. The lowest BCUT2D eigenvalue weighted by Gasteiger charge is -2.25. The summed E-state index contributed by atoms with van der Waals surface area (Å²) in [6.45, 7) is 4.31. The van der Waals surface area contributed by atoms with Gasteiger partial charge in [-0.1, -0.05) is 230 Å². The first-order valence-electron chi connectivity index (χ1n) is 36.5. The van der Waals surface area contributed by atoms with Crippen LogP contribution in [0.2, 0.25) is 0 Å². The van der Waals surface area contributed by atoms with Gasteiger partial charge in [0.25, 0.3) is 0 Å². The highest BCUT2D eigenvalue weighted by Crippen LogP contribution is 2.54. The molecule has 21 aromatic rings. The third-order valence-corrected chi connectivity index (χ3v) is 22.0. The highest BCUT2D eigenvalue weighted by atomic mass is 16.3. The highest BCUT2D eigenvalue weighted by molar-refractivity contribution is 6.15. The van der Waals surface area contributed by atoms with Gasteiger partial charge in [0.2, 0.25) is 5.89 Å². The Hall–Kier alpha value is -14.3. The molecule has 0 aliphatic rings. The van der Waals surface area contributed by atoms with Crippen molar-refractivity contribution in [2.75, 3.05) is 0 Å². The summed E-state index contributed by atoms with van der Waals surface area (Å²) in [6.07, 6.45) is 0. The minimum Gasteiger partial charge on any atom is -0.436 e. The quantitative estimate of drug-likeness (QED) is 0.130. The molecule has 21 rings (SSSR count). The molecule has 0 radical (unpaired) electrons. The third kappa shape index (κ3) is 9.77. The van der Waals surface area contributed by atoms with Crippen LogP contribution in [0.5, 0.6) is 0 Å². The van der Waals surface area contributed by atoms with E-state index in [1.54, 1.807) is 0 Å². The van der Waals surface area contributed by atoms with Crippen LogP contribution < -0.4 is 0 Å². The molecule has 0 amide bonds. The van der Waals surface area contributed by atoms with E-state index in [-0.39, 0.29) is 0 Å². The molecule has 0 atom stereocenters. The van der Waals surface area contributed by atoms with Crippen LogP contribution in [0.3, 0.4) is 0 Å². The van der Waals surface area contributed by atoms with Gasteiger partial charge < -0.3 is 22.7 Å². The SMILES string of the molecule is Cc1ccc2c(c1)c1ccccc1n2-c1ccc(-c2c(C#N)c(-c3ccc(-n4c5ccccc5c5cc(-c6ccccc6)ccc54)cc3)c(-c3ccc(-n4c5ccccc5c5cc(C)ccc54)cc3)c(-c3ccc(-n4c5ccccc5c5cc(-c6ccccc6)ccc54)cc3)c2-c2nc3ccccc3o2)cc1. The second kappa shape index (κ2) is 24.4. The minimum absolute atomic E-state index is 0.400. The molecule has 0 aliphatic heterocycles. The van der Waals surface area contributed by atoms with Gasteiger partial charge in [0.15, 0.2) is 5.58 Å². The van der Waals surface area contributed by atoms with E-state index in [2.05, 4.69) is 366 Å². The Labute approximate surface area is 616 Å². The molecular formula is C100H64N6O. The number of hydrogen-bond acceptors (Lipinski definition) is 3. The summed E-state index contributed by atoms with van der Waals surface area (Å²) in [5, 5.41) is 22.2. The van der Waals surface area contributed by atoms with Crippen molar-refractivity contribution < 1.29 is 4.42 Å². The number of fused-ring (bicyclic) bond motifs is 13. The fourth-order valence-corrected chi connectivity index (χ4v) is 17.2. The smallest absolute Gasteiger partial charge is 0.228 e. The molecule has 0 spiro atoms. The van der Waals surface area contributed by atoms with E-state index < -0.39 is 0 Å². The zero-order valence-electron chi connectivity index (χ0n) is 58.6. The maximum absolute atomic E-state index is 12.7. The Morgan fingerprint density at radius 3 is 0.935 bits per heavy atom. The monoisotopic (exact) mass is 1360 g/mol. The molecule has 7 nitrogen and oxygen atoms in total. The standard InChI is InChI=1S/C100H64N6O/c1-62-33-53-90-80(57-62)76-23-9-14-28-86(76)103(90)72-47-37-67(38-48-72)96-84(61-101)95(66-35-45-73(46-36-66)105-88-30-16-11-25-78(88)82-59-70(43-55-92(82)105)64-19-5-3-6-20-64)97(68-39-49-74(50-40-68)104-87-29-15-10-24-77(87)81-58-63(2)34-54-91(81)104)98(99(96)100-102-85-27-13-18-32-94(85)107-100)69-41-51-75(52-42-69)106-89-31-17-12-26-79(89)83-60-71(44-56-93(83)106)65-21-7-4-8-22-65/h3-60H,1-2H3. The van der Waals surface area contributed by atoms with Crippen LogP contribution in [0.1, 0.15) is 16.7 Å². The van der Waals surface area contributed by atoms with Crippen LogP contribution in [0.4, 0.5) is 0 Å². The van der Waals surface area contributed by atoms with Gasteiger partial charge in [0.1, 0.15) is 11.6 Å². The third-order valence-electron chi connectivity index (χ3n) is 22.0. The molecule has 0 bridgehead atoms. The van der Waals surface area contributed by atoms with Crippen molar-refractivity contribution in [1.82, 2.24) is 23.3 Å². The summed E-state index contributed by atoms with van der Waals surface area (Å²) in [6, 6.07) is 130. The molecule has 5 heterocycles. The van der Waals surface area contributed by atoms with Gasteiger partial charge in [-0.2, -0.15) is 5.26 Å². The first-order valence-corrected chi connectivity index (χ1v) is 36.5. The lowest BCUT2D eigenvalue weighted by atomic mass is 9.77. The molecule has 107 heavy (non-hydrogen) atoms. The van der Waals surface area contributed by atoms with Gasteiger partial charge >= 0.3 is 0 Å². The molecule has 500 valence electrons. The van der Waals surface area contributed by atoms with E-state index in [4.69, 9.17) is 9.40 Å². The summed E-state index contributed by atoms with van der Waals surface area (Å²) >= 11 is 0. The van der Waals surface area contributed by atoms with Crippen molar-refractivity contribution in [3.05, 3.63) is 369 Å². The number of oxazole rings is 1. The lowest BCUT2D eigenvalue weighted by molar-refractivity contribution is 0.620. The fourth-order valence-electron chi connectivity index (χ4n) is 17.2. The number of rotatable bonds is 11. The molecule has 0 unspecified atom stereocenters. The Kier molecular flexibility index (Phi) is 14.0. The van der Waals surface area contributed by atoms with E-state index in [0.29, 0.717) is 33.7 Å². The average Bonchev–Trinajstić information content (AvgIpc) is 0.975. The van der Waals surface area contributed by atoms with Crippen molar-refractivity contribution in [2.45, 2.75) is 13.8 Å². The maximum Gasteiger partial charge on any atom is 0.228 e. The first kappa shape index (κ1) is 61.4. The van der Waals surface area contributed by atoms with Crippen LogP contribution in [0.15, 0.2) is 356 Å². The molecule has 0 N–H and O–H groups in total. The summed E-state index contributed by atoms with van der Waals surface area (Å²) in [5.41, 5.74) is 29.2. The zero-order chi connectivity index (χ0) is 71.0. The van der Waals surface area contributed by atoms with Crippen LogP contribution in [0, 0.1) is 25.2 Å². The van der Waals surface area contributed by atoms with Crippen molar-refractivity contribution in [1.29, 1.82) is 5.26 Å². The van der Waals surface area contributed by atoms with E-state index in [0.717, 1.165) is 117 Å². The minimum atomic E-state index is 0.400. The van der Waals surface area contributed by atoms with Gasteiger partial charge in [-0.05, 0) is 197 Å². The number of nitriles is 1. The van der Waals surface area contributed by atoms with Crippen LogP contribution in [0.25, 0.3) is 199 Å². The van der Waals surface area contributed by atoms with Gasteiger partial charge in [0.05, 0.1) is 55.3 Å². The Bertz CT molecular complexity index is 7190.